The molecule has 0 saturated heterocycles. The Hall–Kier alpha value is -3.93. The summed E-state index contributed by atoms with van der Waals surface area (Å²) >= 11 is 0. The number of hydrogen-bond acceptors (Lipinski definition) is 6. The molecule has 0 aliphatic carbocycles. The van der Waals surface area contributed by atoms with Gasteiger partial charge in [-0.25, -0.2) is 0 Å². The van der Waals surface area contributed by atoms with Crippen molar-refractivity contribution in [2.75, 3.05) is 13.2 Å². The highest BCUT2D eigenvalue weighted by molar-refractivity contribution is 5.71. The Morgan fingerprint density at radius 1 is 0.253 bits per heavy atom. The molecule has 0 saturated carbocycles. The van der Waals surface area contributed by atoms with Gasteiger partial charge < -0.3 is 14.2 Å². The lowest BCUT2D eigenvalue weighted by molar-refractivity contribution is -0.167. The molecule has 0 fully saturated rings. The zero-order valence-electron chi connectivity index (χ0n) is 54.7. The van der Waals surface area contributed by atoms with Crippen LogP contribution in [0.3, 0.4) is 0 Å². The number of ether oxygens (including phenoxy) is 3. The third kappa shape index (κ3) is 68.7. The second-order valence-corrected chi connectivity index (χ2v) is 23.4. The van der Waals surface area contributed by atoms with Gasteiger partial charge in [0.1, 0.15) is 13.2 Å². The Balaban J connectivity index is 4.21. The van der Waals surface area contributed by atoms with E-state index >= 15 is 0 Å². The Bertz CT molecular complexity index is 1660. The largest absolute Gasteiger partial charge is 0.462 e. The molecule has 0 aromatic rings. The first kappa shape index (κ1) is 79.1. The van der Waals surface area contributed by atoms with Crippen molar-refractivity contribution < 1.29 is 28.6 Å². The predicted molar refractivity (Wildman–Crippen MR) is 362 cm³/mol. The van der Waals surface area contributed by atoms with Crippen LogP contribution < -0.4 is 0 Å². The van der Waals surface area contributed by atoms with Gasteiger partial charge in [-0.15, -0.1) is 0 Å². The first-order valence-corrected chi connectivity index (χ1v) is 35.4. The van der Waals surface area contributed by atoms with Gasteiger partial charge >= 0.3 is 17.9 Å². The van der Waals surface area contributed by atoms with E-state index in [0.717, 1.165) is 128 Å². The fourth-order valence-electron chi connectivity index (χ4n) is 9.99. The van der Waals surface area contributed by atoms with Crippen LogP contribution in [0.1, 0.15) is 342 Å². The van der Waals surface area contributed by atoms with E-state index in [0.29, 0.717) is 19.3 Å². The molecule has 0 amide bonds. The molecule has 1 atom stereocenters. The third-order valence-corrected chi connectivity index (χ3v) is 15.2. The Labute approximate surface area is 514 Å². The number of allylic oxidation sites excluding steroid dienone is 18. The van der Waals surface area contributed by atoms with E-state index in [4.69, 9.17) is 14.2 Å². The second-order valence-electron chi connectivity index (χ2n) is 23.4. The maximum absolute atomic E-state index is 12.9. The van der Waals surface area contributed by atoms with Crippen molar-refractivity contribution >= 4 is 17.9 Å². The lowest BCUT2D eigenvalue weighted by Crippen LogP contribution is -2.30. The highest BCUT2D eigenvalue weighted by Crippen LogP contribution is 2.17. The van der Waals surface area contributed by atoms with Crippen LogP contribution in [0.15, 0.2) is 109 Å². The molecule has 0 bridgehead atoms. The molecule has 83 heavy (non-hydrogen) atoms. The van der Waals surface area contributed by atoms with E-state index in [1.165, 1.54) is 173 Å². The third-order valence-electron chi connectivity index (χ3n) is 15.2. The lowest BCUT2D eigenvalue weighted by Gasteiger charge is -2.18. The fourth-order valence-corrected chi connectivity index (χ4v) is 9.99. The predicted octanol–water partition coefficient (Wildman–Crippen LogP) is 24.6. The molecule has 476 valence electrons. The topological polar surface area (TPSA) is 78.9 Å². The molecule has 0 heterocycles. The first-order chi connectivity index (χ1) is 41.0. The molecule has 0 radical (unpaired) electrons. The first-order valence-electron chi connectivity index (χ1n) is 35.4. The highest BCUT2D eigenvalue weighted by Gasteiger charge is 2.19. The van der Waals surface area contributed by atoms with E-state index in [2.05, 4.69) is 130 Å². The molecule has 0 aromatic heterocycles. The van der Waals surface area contributed by atoms with Gasteiger partial charge in [0.2, 0.25) is 0 Å². The smallest absolute Gasteiger partial charge is 0.306 e. The van der Waals surface area contributed by atoms with Gasteiger partial charge in [-0.1, -0.05) is 329 Å². The summed E-state index contributed by atoms with van der Waals surface area (Å²) in [6.45, 7) is 6.49. The van der Waals surface area contributed by atoms with E-state index in [-0.39, 0.29) is 31.1 Å². The lowest BCUT2D eigenvalue weighted by atomic mass is 10.0. The van der Waals surface area contributed by atoms with Crippen LogP contribution in [0, 0.1) is 0 Å². The maximum Gasteiger partial charge on any atom is 0.306 e. The normalized spacial score (nSPS) is 12.8. The Morgan fingerprint density at radius 3 is 0.795 bits per heavy atom. The van der Waals surface area contributed by atoms with Crippen LogP contribution in [0.5, 0.6) is 0 Å². The standard InChI is InChI=1S/C77H132O6/c1-4-7-10-13-16-19-22-24-26-28-30-32-34-35-36-37-38-39-40-41-42-43-44-46-47-49-51-53-55-58-61-64-67-70-76(79)82-73-74(72-81-75(78)69-66-63-60-57-21-18-15-12-9-6-3)83-77(80)71-68-65-62-59-56-54-52-50-48-45-33-31-29-27-25-23-20-17-14-11-8-5-2/h7,10,12,15-16,19,24,26,30,32,35-36,38-39,41-42,44,46,74H,4-6,8-9,11,13-14,17-18,20-23,25,27-29,31,33-34,37,40,43,45,47-73H2,1-3H3/b10-7-,15-12-,19-16-,26-24-,32-30-,36-35-,39-38-,42-41-,46-44-. The van der Waals surface area contributed by atoms with Gasteiger partial charge in [-0.2, -0.15) is 0 Å². The van der Waals surface area contributed by atoms with E-state index in [1.807, 2.05) is 0 Å². The molecule has 0 aliphatic rings. The average Bonchev–Trinajstić information content (AvgIpc) is 3.49. The summed E-state index contributed by atoms with van der Waals surface area (Å²) in [5.41, 5.74) is 0. The molecule has 1 unspecified atom stereocenters. The molecule has 0 N–H and O–H groups in total. The summed E-state index contributed by atoms with van der Waals surface area (Å²) in [5, 5.41) is 0. The van der Waals surface area contributed by atoms with E-state index in [9.17, 15) is 14.4 Å². The van der Waals surface area contributed by atoms with Gasteiger partial charge in [0, 0.05) is 19.3 Å². The van der Waals surface area contributed by atoms with Crippen molar-refractivity contribution in [2.45, 2.75) is 348 Å². The molecule has 6 heteroatoms. The molecule has 0 aromatic carbocycles. The number of carbonyl (C=O) groups excluding carboxylic acids is 3. The minimum absolute atomic E-state index is 0.0821. The van der Waals surface area contributed by atoms with Crippen molar-refractivity contribution in [2.24, 2.45) is 0 Å². The summed E-state index contributed by atoms with van der Waals surface area (Å²) in [4.78, 5) is 38.3. The monoisotopic (exact) mass is 1150 g/mol. The zero-order chi connectivity index (χ0) is 59.9. The summed E-state index contributed by atoms with van der Waals surface area (Å²) in [5.74, 6) is -0.886. The van der Waals surface area contributed by atoms with Crippen molar-refractivity contribution in [3.63, 3.8) is 0 Å². The van der Waals surface area contributed by atoms with Gasteiger partial charge in [0.25, 0.3) is 0 Å². The SMILES string of the molecule is CC/C=C\C/C=C\C/C=C\C/C=C\C/C=C\C/C=C\C/C=C\C/C=C\CCCCCCCCCCC(=O)OCC(COC(=O)CCCCCCC/C=C\CCC)OC(=O)CCCCCCCCCCCCCCCCCCCCCCCC. The Kier molecular flexibility index (Phi) is 67.2. The molecule has 0 aliphatic heterocycles. The van der Waals surface area contributed by atoms with Gasteiger partial charge in [0.05, 0.1) is 0 Å². The quantitative estimate of drug-likeness (QED) is 0.0261. The minimum Gasteiger partial charge on any atom is -0.462 e. The van der Waals surface area contributed by atoms with Crippen molar-refractivity contribution in [1.82, 2.24) is 0 Å². The summed E-state index contributed by atoms with van der Waals surface area (Å²) in [6, 6.07) is 0. The number of hydrogen-bond donors (Lipinski definition) is 0. The summed E-state index contributed by atoms with van der Waals surface area (Å²) in [6.07, 6.45) is 97.0. The van der Waals surface area contributed by atoms with Crippen LogP contribution in [0.2, 0.25) is 0 Å². The second kappa shape index (κ2) is 70.6. The van der Waals surface area contributed by atoms with Crippen molar-refractivity contribution in [3.05, 3.63) is 109 Å². The van der Waals surface area contributed by atoms with Crippen molar-refractivity contribution in [1.29, 1.82) is 0 Å². The highest BCUT2D eigenvalue weighted by atomic mass is 16.6. The maximum atomic E-state index is 12.9. The number of unbranched alkanes of at least 4 members (excludes halogenated alkanes) is 35. The Morgan fingerprint density at radius 2 is 0.494 bits per heavy atom. The fraction of sp³-hybridized carbons (Fsp3) is 0.727. The molecular formula is C77H132O6. The average molecular weight is 1150 g/mol. The number of esters is 3. The van der Waals surface area contributed by atoms with Crippen molar-refractivity contribution in [3.8, 4) is 0 Å². The van der Waals surface area contributed by atoms with Crippen LogP contribution >= 0.6 is 0 Å². The van der Waals surface area contributed by atoms with Crippen LogP contribution in [0.25, 0.3) is 0 Å². The summed E-state index contributed by atoms with van der Waals surface area (Å²) in [7, 11) is 0. The van der Waals surface area contributed by atoms with E-state index < -0.39 is 6.10 Å². The zero-order valence-corrected chi connectivity index (χ0v) is 54.7. The number of rotatable bonds is 64. The molecule has 0 rings (SSSR count). The van der Waals surface area contributed by atoms with Gasteiger partial charge in [-0.05, 0) is 103 Å². The number of carbonyl (C=O) groups is 3. The summed E-state index contributed by atoms with van der Waals surface area (Å²) < 4.78 is 16.9. The van der Waals surface area contributed by atoms with Crippen LogP contribution in [0.4, 0.5) is 0 Å². The van der Waals surface area contributed by atoms with Crippen LogP contribution in [-0.4, -0.2) is 37.2 Å². The van der Waals surface area contributed by atoms with Gasteiger partial charge in [-0.3, -0.25) is 14.4 Å². The minimum atomic E-state index is -0.784. The molecule has 0 spiro atoms. The van der Waals surface area contributed by atoms with Gasteiger partial charge in [0.15, 0.2) is 6.10 Å². The molecule has 6 nitrogen and oxygen atoms in total. The molecular weight excluding hydrogens is 1020 g/mol. The van der Waals surface area contributed by atoms with E-state index in [1.54, 1.807) is 0 Å². The van der Waals surface area contributed by atoms with Crippen LogP contribution in [-0.2, 0) is 28.6 Å².